The van der Waals surface area contributed by atoms with Gasteiger partial charge in [0.25, 0.3) is 0 Å². The average molecular weight is 386 g/mol. The number of rotatable bonds is 6. The van der Waals surface area contributed by atoms with Gasteiger partial charge in [-0.25, -0.2) is 8.42 Å². The minimum atomic E-state index is -3.42. The Balaban J connectivity index is 1.56. The van der Waals surface area contributed by atoms with E-state index >= 15 is 0 Å². The van der Waals surface area contributed by atoms with Gasteiger partial charge in [0.2, 0.25) is 15.9 Å². The van der Waals surface area contributed by atoms with Gasteiger partial charge in [-0.05, 0) is 36.8 Å². The number of amides is 1. The van der Waals surface area contributed by atoms with Crippen LogP contribution in [0.5, 0.6) is 11.5 Å². The van der Waals surface area contributed by atoms with Gasteiger partial charge in [-0.2, -0.15) is 4.31 Å². The van der Waals surface area contributed by atoms with Crippen LogP contribution in [0.15, 0.2) is 60.7 Å². The van der Waals surface area contributed by atoms with Crippen LogP contribution >= 0.6 is 0 Å². The predicted molar refractivity (Wildman–Crippen MR) is 104 cm³/mol. The molecule has 1 aliphatic rings. The van der Waals surface area contributed by atoms with E-state index in [1.54, 1.807) is 12.2 Å². The van der Waals surface area contributed by atoms with Crippen molar-refractivity contribution in [2.75, 3.05) is 12.8 Å². The summed E-state index contributed by atoms with van der Waals surface area (Å²) in [6.45, 7) is 2.55. The number of carbonyl (C=O) groups is 1. The van der Waals surface area contributed by atoms with Crippen molar-refractivity contribution >= 4 is 15.9 Å². The van der Waals surface area contributed by atoms with Crippen molar-refractivity contribution in [3.05, 3.63) is 71.8 Å². The van der Waals surface area contributed by atoms with Crippen LogP contribution < -0.4 is 10.1 Å². The molecular weight excluding hydrogens is 364 g/mol. The summed E-state index contributed by atoms with van der Waals surface area (Å²) in [6.07, 6.45) is 4.39. The lowest BCUT2D eigenvalue weighted by atomic mass is 10.2. The Kier molecular flexibility index (Phi) is 5.62. The molecule has 0 radical (unpaired) electrons. The molecule has 0 unspecified atom stereocenters. The van der Waals surface area contributed by atoms with Gasteiger partial charge in [0, 0.05) is 13.1 Å². The Hall–Kier alpha value is -2.64. The third-order valence-corrected chi connectivity index (χ3v) is 5.48. The third-order valence-electron chi connectivity index (χ3n) is 4.26. The summed E-state index contributed by atoms with van der Waals surface area (Å²) in [5.74, 6) is 1.13. The van der Waals surface area contributed by atoms with Gasteiger partial charge in [-0.3, -0.25) is 4.79 Å². The molecule has 7 heteroatoms. The number of nitrogens with zero attached hydrogens (tertiary/aromatic N) is 1. The summed E-state index contributed by atoms with van der Waals surface area (Å²) in [5.41, 5.74) is 2.06. The van der Waals surface area contributed by atoms with Gasteiger partial charge < -0.3 is 10.1 Å². The third kappa shape index (κ3) is 4.96. The number of nitrogens with one attached hydrogen (secondary N) is 1. The van der Waals surface area contributed by atoms with Crippen LogP contribution in [0.2, 0.25) is 0 Å². The topological polar surface area (TPSA) is 75.7 Å². The van der Waals surface area contributed by atoms with Crippen LogP contribution in [0.1, 0.15) is 11.1 Å². The average Bonchev–Trinajstić information content (AvgIpc) is 3.13. The first kappa shape index (κ1) is 19.1. The number of hydrogen-bond donors (Lipinski definition) is 1. The highest BCUT2D eigenvalue weighted by atomic mass is 32.2. The number of hydrogen-bond acceptors (Lipinski definition) is 4. The molecule has 3 rings (SSSR count). The number of carbonyl (C=O) groups excluding carboxylic acids is 1. The summed E-state index contributed by atoms with van der Waals surface area (Å²) in [7, 11) is -3.42. The van der Waals surface area contributed by atoms with Crippen LogP contribution in [0.4, 0.5) is 0 Å². The molecule has 1 aliphatic heterocycles. The largest absolute Gasteiger partial charge is 0.457 e. The SMILES string of the molecule is Cc1ccc(Oc2ccc(CNC(=O)[C@H]3C=CCN3S(C)(=O)=O)cc2)cc1. The zero-order valence-corrected chi connectivity index (χ0v) is 16.1. The second-order valence-electron chi connectivity index (χ2n) is 6.48. The summed E-state index contributed by atoms with van der Waals surface area (Å²) in [5, 5.41) is 2.78. The molecule has 0 saturated carbocycles. The number of aryl methyl sites for hydroxylation is 1. The van der Waals surface area contributed by atoms with E-state index in [-0.39, 0.29) is 12.5 Å². The van der Waals surface area contributed by atoms with Crippen LogP contribution in [-0.4, -0.2) is 37.5 Å². The molecule has 1 N–H and O–H groups in total. The molecule has 0 saturated heterocycles. The van der Waals surface area contributed by atoms with Gasteiger partial charge in [0.1, 0.15) is 17.5 Å². The van der Waals surface area contributed by atoms with Crippen molar-refractivity contribution in [1.82, 2.24) is 9.62 Å². The predicted octanol–water partition coefficient (Wildman–Crippen LogP) is 2.60. The van der Waals surface area contributed by atoms with Gasteiger partial charge in [0.05, 0.1) is 6.26 Å². The Labute approximate surface area is 159 Å². The maximum atomic E-state index is 12.3. The Morgan fingerprint density at radius 3 is 2.30 bits per heavy atom. The first-order valence-corrected chi connectivity index (χ1v) is 10.4. The first-order chi connectivity index (χ1) is 12.8. The lowest BCUT2D eigenvalue weighted by molar-refractivity contribution is -0.123. The molecule has 27 heavy (non-hydrogen) atoms. The maximum Gasteiger partial charge on any atom is 0.242 e. The van der Waals surface area contributed by atoms with E-state index in [9.17, 15) is 13.2 Å². The normalized spacial score (nSPS) is 17.0. The first-order valence-electron chi connectivity index (χ1n) is 8.57. The lowest BCUT2D eigenvalue weighted by Gasteiger charge is -2.21. The quantitative estimate of drug-likeness (QED) is 0.775. The van der Waals surface area contributed by atoms with E-state index in [0.29, 0.717) is 12.3 Å². The van der Waals surface area contributed by atoms with E-state index < -0.39 is 16.1 Å². The fraction of sp³-hybridized carbons (Fsp3) is 0.250. The smallest absolute Gasteiger partial charge is 0.242 e. The monoisotopic (exact) mass is 386 g/mol. The molecule has 0 aromatic heterocycles. The zero-order valence-electron chi connectivity index (χ0n) is 15.3. The molecule has 6 nitrogen and oxygen atoms in total. The second-order valence-corrected chi connectivity index (χ2v) is 8.42. The molecule has 0 aliphatic carbocycles. The summed E-state index contributed by atoms with van der Waals surface area (Å²) in [4.78, 5) is 12.3. The van der Waals surface area contributed by atoms with Crippen LogP contribution in [0.25, 0.3) is 0 Å². The van der Waals surface area contributed by atoms with Crippen molar-refractivity contribution in [3.8, 4) is 11.5 Å². The van der Waals surface area contributed by atoms with Gasteiger partial charge in [-0.1, -0.05) is 42.0 Å². The molecule has 1 heterocycles. The van der Waals surface area contributed by atoms with Crippen molar-refractivity contribution in [3.63, 3.8) is 0 Å². The number of benzene rings is 2. The summed E-state index contributed by atoms with van der Waals surface area (Å²) < 4.78 is 30.4. The van der Waals surface area contributed by atoms with E-state index in [1.165, 1.54) is 9.87 Å². The molecule has 142 valence electrons. The van der Waals surface area contributed by atoms with Crippen molar-refractivity contribution in [2.45, 2.75) is 19.5 Å². The van der Waals surface area contributed by atoms with E-state index in [4.69, 9.17) is 4.74 Å². The van der Waals surface area contributed by atoms with E-state index in [0.717, 1.165) is 17.6 Å². The van der Waals surface area contributed by atoms with Crippen LogP contribution in [0, 0.1) is 6.92 Å². The second kappa shape index (κ2) is 7.94. The molecular formula is C20H22N2O4S. The minimum absolute atomic E-state index is 0.224. The van der Waals surface area contributed by atoms with E-state index in [1.807, 2.05) is 55.5 Å². The molecule has 1 amide bonds. The highest BCUT2D eigenvalue weighted by molar-refractivity contribution is 7.88. The Morgan fingerprint density at radius 1 is 1.11 bits per heavy atom. The van der Waals surface area contributed by atoms with Crippen molar-refractivity contribution < 1.29 is 17.9 Å². The summed E-state index contributed by atoms with van der Waals surface area (Å²) >= 11 is 0. The molecule has 0 spiro atoms. The Morgan fingerprint density at radius 2 is 1.70 bits per heavy atom. The highest BCUT2D eigenvalue weighted by Gasteiger charge is 2.32. The van der Waals surface area contributed by atoms with Gasteiger partial charge in [-0.15, -0.1) is 0 Å². The fourth-order valence-electron chi connectivity index (χ4n) is 2.77. The zero-order chi connectivity index (χ0) is 19.4. The Bertz CT molecular complexity index is 935. The maximum absolute atomic E-state index is 12.3. The molecule has 0 fully saturated rings. The van der Waals surface area contributed by atoms with E-state index in [2.05, 4.69) is 5.32 Å². The molecule has 2 aromatic carbocycles. The standard InChI is InChI=1S/C20H22N2O4S/c1-15-5-9-17(10-6-15)26-18-11-7-16(8-12-18)14-21-20(23)19-4-3-13-22(19)27(2,24)25/h3-12,19H,13-14H2,1-2H3,(H,21,23)/t19-/m1/s1. The molecule has 1 atom stereocenters. The number of ether oxygens (including phenoxy) is 1. The fourth-order valence-corrected chi connectivity index (χ4v) is 3.71. The van der Waals surface area contributed by atoms with Crippen molar-refractivity contribution in [2.24, 2.45) is 0 Å². The lowest BCUT2D eigenvalue weighted by Crippen LogP contribution is -2.45. The van der Waals surface area contributed by atoms with Crippen LogP contribution in [0.3, 0.4) is 0 Å². The van der Waals surface area contributed by atoms with Gasteiger partial charge in [0.15, 0.2) is 0 Å². The highest BCUT2D eigenvalue weighted by Crippen LogP contribution is 2.22. The minimum Gasteiger partial charge on any atom is -0.457 e. The van der Waals surface area contributed by atoms with Crippen LogP contribution in [-0.2, 0) is 21.4 Å². The van der Waals surface area contributed by atoms with Crippen molar-refractivity contribution in [1.29, 1.82) is 0 Å². The molecule has 0 bridgehead atoms. The molecule has 2 aromatic rings. The number of sulfonamides is 1. The summed E-state index contributed by atoms with van der Waals surface area (Å²) in [6, 6.07) is 14.4. The van der Waals surface area contributed by atoms with Gasteiger partial charge >= 0.3 is 0 Å².